The van der Waals surface area contributed by atoms with Gasteiger partial charge in [0.25, 0.3) is 5.91 Å². The quantitative estimate of drug-likeness (QED) is 0.0946. The second-order valence-corrected chi connectivity index (χ2v) is 15.1. The Hall–Kier alpha value is -3.00. The maximum absolute atomic E-state index is 13.2. The first-order chi connectivity index (χ1) is 22.8. The molecule has 4 amide bonds. The third-order valence-electron chi connectivity index (χ3n) is 7.15. The Bertz CT molecular complexity index is 1110. The largest absolute Gasteiger partial charge is 0.444 e. The molecule has 1 aliphatic rings. The van der Waals surface area contributed by atoms with Gasteiger partial charge in [-0.15, -0.1) is 0 Å². The molecular formula is C32H60N4O14. The van der Waals surface area contributed by atoms with Crippen molar-refractivity contribution in [1.82, 2.24) is 20.9 Å². The zero-order chi connectivity index (χ0) is 38.8. The maximum Gasteiger partial charge on any atom is 0.410 e. The van der Waals surface area contributed by atoms with Gasteiger partial charge in [0, 0.05) is 14.2 Å². The van der Waals surface area contributed by atoms with Crippen molar-refractivity contribution in [3.05, 3.63) is 0 Å². The lowest BCUT2D eigenvalue weighted by atomic mass is 9.83. The Morgan fingerprint density at radius 1 is 0.840 bits per heavy atom. The van der Waals surface area contributed by atoms with Crippen LogP contribution in [0.3, 0.4) is 0 Å². The minimum Gasteiger partial charge on any atom is -0.444 e. The van der Waals surface area contributed by atoms with Crippen molar-refractivity contribution in [2.45, 2.75) is 147 Å². The molecule has 0 aliphatic heterocycles. The Kier molecular flexibility index (Phi) is 17.1. The standard InChI is InChI=1S/C32H60N4O14/c1-17(36(11)29(44)50-32(8,9)10)21(39)26(46-14-13-37)47-24-19(34-25(41)20(38)16-33-27(42)48-30(2,3)4)15-18(23(45-12)22(24)40)35-28(43)49-31(5,6)7/h17-24,26,37-40H,13-16H2,1-12H3,(H,33,42)(H,34,41)(H,35,43)/t17-,18-,19+,20-,21+,22-,23+,24-,26+/m0/s1. The summed E-state index contributed by atoms with van der Waals surface area (Å²) < 4.78 is 33.1. The van der Waals surface area contributed by atoms with Crippen LogP contribution in [0.5, 0.6) is 0 Å². The van der Waals surface area contributed by atoms with Crippen molar-refractivity contribution in [3.8, 4) is 0 Å². The van der Waals surface area contributed by atoms with E-state index >= 15 is 0 Å². The molecule has 1 aliphatic carbocycles. The molecule has 0 aromatic carbocycles. The Morgan fingerprint density at radius 3 is 1.86 bits per heavy atom. The van der Waals surface area contributed by atoms with Gasteiger partial charge >= 0.3 is 18.3 Å². The van der Waals surface area contributed by atoms with Crippen LogP contribution in [0.2, 0.25) is 0 Å². The fraction of sp³-hybridized carbons (Fsp3) is 0.875. The molecule has 0 bridgehead atoms. The van der Waals surface area contributed by atoms with Crippen LogP contribution >= 0.6 is 0 Å². The van der Waals surface area contributed by atoms with Gasteiger partial charge in [-0.1, -0.05) is 0 Å². The summed E-state index contributed by atoms with van der Waals surface area (Å²) in [5.41, 5.74) is -2.52. The highest BCUT2D eigenvalue weighted by molar-refractivity contribution is 5.82. The molecule has 7 N–H and O–H groups in total. The second kappa shape index (κ2) is 19.0. The number of ether oxygens (including phenoxy) is 6. The molecule has 0 heterocycles. The number of nitrogens with zero attached hydrogens (tertiary/aromatic N) is 1. The average Bonchev–Trinajstić information content (AvgIpc) is 2.95. The predicted octanol–water partition coefficient (Wildman–Crippen LogP) is 0.366. The number of hydrogen-bond donors (Lipinski definition) is 7. The van der Waals surface area contributed by atoms with Crippen LogP contribution in [0.1, 0.15) is 75.7 Å². The van der Waals surface area contributed by atoms with E-state index in [-0.39, 0.29) is 13.0 Å². The molecule has 1 rings (SSSR count). The van der Waals surface area contributed by atoms with Gasteiger partial charge in [-0.3, -0.25) is 4.79 Å². The van der Waals surface area contributed by atoms with E-state index in [0.717, 1.165) is 4.90 Å². The van der Waals surface area contributed by atoms with Gasteiger partial charge < -0.3 is 69.7 Å². The second-order valence-electron chi connectivity index (χ2n) is 15.1. The first-order valence-corrected chi connectivity index (χ1v) is 16.5. The molecule has 1 saturated carbocycles. The van der Waals surface area contributed by atoms with Crippen LogP contribution in [-0.2, 0) is 33.2 Å². The molecule has 18 nitrogen and oxygen atoms in total. The molecule has 0 saturated heterocycles. The molecule has 0 aromatic rings. The molecule has 18 heteroatoms. The predicted molar refractivity (Wildman–Crippen MR) is 178 cm³/mol. The Morgan fingerprint density at radius 2 is 1.36 bits per heavy atom. The summed E-state index contributed by atoms with van der Waals surface area (Å²) in [6, 6.07) is -3.15. The lowest BCUT2D eigenvalue weighted by molar-refractivity contribution is -0.261. The van der Waals surface area contributed by atoms with Crippen molar-refractivity contribution < 1.29 is 68.0 Å². The van der Waals surface area contributed by atoms with E-state index < -0.39 is 109 Å². The zero-order valence-electron chi connectivity index (χ0n) is 31.3. The van der Waals surface area contributed by atoms with E-state index in [4.69, 9.17) is 28.4 Å². The molecule has 292 valence electrons. The highest BCUT2D eigenvalue weighted by Crippen LogP contribution is 2.29. The lowest BCUT2D eigenvalue weighted by Gasteiger charge is -2.46. The van der Waals surface area contributed by atoms with Crippen molar-refractivity contribution >= 4 is 24.2 Å². The van der Waals surface area contributed by atoms with Crippen molar-refractivity contribution in [1.29, 1.82) is 0 Å². The fourth-order valence-electron chi connectivity index (χ4n) is 4.79. The topological polar surface area (TPSA) is 244 Å². The van der Waals surface area contributed by atoms with Crippen LogP contribution in [0, 0.1) is 0 Å². The molecule has 0 radical (unpaired) electrons. The molecule has 50 heavy (non-hydrogen) atoms. The minimum atomic E-state index is -1.78. The summed E-state index contributed by atoms with van der Waals surface area (Å²) in [6.07, 6.45) is -11.8. The Balaban J connectivity index is 3.41. The minimum absolute atomic E-state index is 0.145. The molecule has 0 aromatic heterocycles. The number of aliphatic hydroxyl groups is 4. The lowest BCUT2D eigenvalue weighted by Crippen LogP contribution is -2.67. The number of carbonyl (C=O) groups excluding carboxylic acids is 4. The summed E-state index contributed by atoms with van der Waals surface area (Å²) in [5, 5.41) is 50.5. The van der Waals surface area contributed by atoms with Crippen LogP contribution < -0.4 is 16.0 Å². The van der Waals surface area contributed by atoms with Gasteiger partial charge in [0.1, 0.15) is 47.3 Å². The summed E-state index contributed by atoms with van der Waals surface area (Å²) in [7, 11) is 2.68. The highest BCUT2D eigenvalue weighted by atomic mass is 16.7. The summed E-state index contributed by atoms with van der Waals surface area (Å²) in [6.45, 7) is 15.1. The van der Waals surface area contributed by atoms with Gasteiger partial charge in [0.05, 0.1) is 37.9 Å². The normalized spacial score (nSPS) is 23.8. The van der Waals surface area contributed by atoms with Gasteiger partial charge in [0.2, 0.25) is 0 Å². The average molecular weight is 725 g/mol. The summed E-state index contributed by atoms with van der Waals surface area (Å²) in [5.74, 6) is -0.981. The van der Waals surface area contributed by atoms with Gasteiger partial charge in [-0.2, -0.15) is 0 Å². The third-order valence-corrected chi connectivity index (χ3v) is 7.15. The molecular weight excluding hydrogens is 664 g/mol. The SMILES string of the molecule is CO[C@H]1[C@H](O)[C@@H](O[C@@H](OCCO)[C@H](O)[C@H](C)N(C)C(=O)OC(C)(C)C)[C@H](NC(=O)[C@@H](O)CNC(=O)OC(C)(C)C)C[C@@H]1NC(=O)OC(C)(C)C. The smallest absolute Gasteiger partial charge is 0.410 e. The number of alkyl carbamates (subject to hydrolysis) is 2. The maximum atomic E-state index is 13.2. The zero-order valence-corrected chi connectivity index (χ0v) is 31.3. The van der Waals surface area contributed by atoms with E-state index in [0.29, 0.717) is 0 Å². The number of likely N-dealkylation sites (N-methyl/N-ethyl adjacent to an activating group) is 1. The van der Waals surface area contributed by atoms with Gasteiger partial charge in [0.15, 0.2) is 6.29 Å². The van der Waals surface area contributed by atoms with Crippen LogP contribution in [0.15, 0.2) is 0 Å². The number of aliphatic hydroxyl groups excluding tert-OH is 4. The summed E-state index contributed by atoms with van der Waals surface area (Å²) in [4.78, 5) is 51.9. The molecule has 9 atom stereocenters. The van der Waals surface area contributed by atoms with E-state index in [9.17, 15) is 39.6 Å². The van der Waals surface area contributed by atoms with Crippen molar-refractivity contribution in [2.75, 3.05) is 33.9 Å². The molecule has 0 unspecified atom stereocenters. The number of carbonyl (C=O) groups is 4. The fourth-order valence-corrected chi connectivity index (χ4v) is 4.79. The van der Waals surface area contributed by atoms with Crippen LogP contribution in [-0.4, -0.2) is 155 Å². The molecule has 0 spiro atoms. The van der Waals surface area contributed by atoms with Gasteiger partial charge in [-0.05, 0) is 75.7 Å². The van der Waals surface area contributed by atoms with E-state index in [1.165, 1.54) is 21.1 Å². The number of amides is 4. The van der Waals surface area contributed by atoms with E-state index in [2.05, 4.69) is 16.0 Å². The summed E-state index contributed by atoms with van der Waals surface area (Å²) >= 11 is 0. The van der Waals surface area contributed by atoms with Gasteiger partial charge in [-0.25, -0.2) is 14.4 Å². The third kappa shape index (κ3) is 15.5. The van der Waals surface area contributed by atoms with E-state index in [1.54, 1.807) is 62.3 Å². The molecule has 1 fully saturated rings. The first-order valence-electron chi connectivity index (χ1n) is 16.5. The van der Waals surface area contributed by atoms with Crippen LogP contribution in [0.25, 0.3) is 0 Å². The van der Waals surface area contributed by atoms with Crippen LogP contribution in [0.4, 0.5) is 14.4 Å². The van der Waals surface area contributed by atoms with E-state index in [1.807, 2.05) is 0 Å². The van der Waals surface area contributed by atoms with Crippen molar-refractivity contribution in [3.63, 3.8) is 0 Å². The Labute approximate surface area is 294 Å². The van der Waals surface area contributed by atoms with Crippen molar-refractivity contribution in [2.24, 2.45) is 0 Å². The highest BCUT2D eigenvalue weighted by Gasteiger charge is 2.49. The number of hydrogen-bond acceptors (Lipinski definition) is 14. The first kappa shape index (κ1) is 45.0. The number of rotatable bonds is 14. The monoisotopic (exact) mass is 724 g/mol. The number of methoxy groups -OCH3 is 1. The number of nitrogens with one attached hydrogen (secondary N) is 3.